The van der Waals surface area contributed by atoms with Crippen LogP contribution in [-0.2, 0) is 14.9 Å². The lowest BCUT2D eigenvalue weighted by atomic mass is 10.1. The highest BCUT2D eigenvalue weighted by molar-refractivity contribution is 7.92. The maximum Gasteiger partial charge on any atom is 0.232 e. The molecule has 0 aromatic carbocycles. The van der Waals surface area contributed by atoms with Crippen molar-refractivity contribution in [1.29, 1.82) is 0 Å². The first-order valence-corrected chi connectivity index (χ1v) is 12.4. The molecule has 0 N–H and O–H groups in total. The molecule has 152 valence electrons. The molecule has 0 saturated carbocycles. The largest absolute Gasteiger partial charge is 0.393 e. The average Bonchev–Trinajstić information content (AvgIpc) is 3.33. The van der Waals surface area contributed by atoms with Crippen LogP contribution in [-0.4, -0.2) is 48.0 Å². The summed E-state index contributed by atoms with van der Waals surface area (Å²) >= 11 is 2.81. The number of nitrogens with zero attached hydrogens (tertiary/aromatic N) is 5. The summed E-state index contributed by atoms with van der Waals surface area (Å²) in [6, 6.07) is 3.81. The van der Waals surface area contributed by atoms with Crippen LogP contribution in [0.25, 0.3) is 20.5 Å². The molecular formula is C18H19N5O3S3. The van der Waals surface area contributed by atoms with Gasteiger partial charge in [0, 0.05) is 37.1 Å². The standard InChI is InChI=1S/C18H19N5O3S3/c1-11(2)26-22-13-6-8-23(29(3,24)25)18-15(13)21-17(28-18)14-10-20-16(27-14)12-5-4-7-19-9-12/h4-5,7,9-11H,6,8H2,1-3H3/b22-13+. The summed E-state index contributed by atoms with van der Waals surface area (Å²) in [5.74, 6) is 0. The Balaban J connectivity index is 1.76. The van der Waals surface area contributed by atoms with Gasteiger partial charge >= 0.3 is 0 Å². The highest BCUT2D eigenvalue weighted by atomic mass is 32.2. The quantitative estimate of drug-likeness (QED) is 0.552. The number of aromatic nitrogens is 3. The van der Waals surface area contributed by atoms with Gasteiger partial charge in [-0.2, -0.15) is 0 Å². The highest BCUT2D eigenvalue weighted by Gasteiger charge is 2.32. The monoisotopic (exact) mass is 449 g/mol. The van der Waals surface area contributed by atoms with E-state index in [0.29, 0.717) is 34.4 Å². The SMILES string of the molecule is CC(C)O/N=C1\CCN(S(C)(=O)=O)c2sc(-c3cnc(-c4cccnc4)s3)nc21. The summed E-state index contributed by atoms with van der Waals surface area (Å²) < 4.78 is 25.9. The third-order valence-electron chi connectivity index (χ3n) is 4.06. The third-order valence-corrected chi connectivity index (χ3v) is 7.64. The van der Waals surface area contributed by atoms with Crippen LogP contribution < -0.4 is 4.31 Å². The predicted molar refractivity (Wildman–Crippen MR) is 116 cm³/mol. The molecule has 0 saturated heterocycles. The molecule has 0 unspecified atom stereocenters. The van der Waals surface area contributed by atoms with Crippen molar-refractivity contribution in [3.05, 3.63) is 36.4 Å². The fourth-order valence-corrected chi connectivity index (χ4v) is 6.07. The number of oxime groups is 1. The maximum atomic E-state index is 12.3. The summed E-state index contributed by atoms with van der Waals surface area (Å²) in [6.45, 7) is 4.10. The van der Waals surface area contributed by atoms with E-state index in [-0.39, 0.29) is 6.10 Å². The molecule has 4 rings (SSSR count). The number of anilines is 1. The lowest BCUT2D eigenvalue weighted by molar-refractivity contribution is 0.0855. The zero-order valence-corrected chi connectivity index (χ0v) is 18.5. The lowest BCUT2D eigenvalue weighted by Crippen LogP contribution is -2.36. The minimum absolute atomic E-state index is 0.0690. The van der Waals surface area contributed by atoms with Gasteiger partial charge in [-0.05, 0) is 26.0 Å². The second-order valence-electron chi connectivity index (χ2n) is 6.72. The maximum absolute atomic E-state index is 12.3. The third kappa shape index (κ3) is 4.16. The van der Waals surface area contributed by atoms with E-state index in [1.807, 2.05) is 26.0 Å². The highest BCUT2D eigenvalue weighted by Crippen LogP contribution is 2.41. The smallest absolute Gasteiger partial charge is 0.232 e. The van der Waals surface area contributed by atoms with E-state index in [1.165, 1.54) is 33.2 Å². The van der Waals surface area contributed by atoms with E-state index in [9.17, 15) is 8.42 Å². The van der Waals surface area contributed by atoms with Crippen LogP contribution in [0.5, 0.6) is 0 Å². The number of sulfonamides is 1. The number of pyridine rings is 1. The second-order valence-corrected chi connectivity index (χ2v) is 10.6. The number of fused-ring (bicyclic) bond motifs is 1. The molecule has 1 aliphatic rings. The fourth-order valence-electron chi connectivity index (χ4n) is 2.77. The first-order valence-electron chi connectivity index (χ1n) is 8.91. The average molecular weight is 450 g/mol. The minimum atomic E-state index is -3.41. The Kier molecular flexibility index (Phi) is 5.36. The van der Waals surface area contributed by atoms with Gasteiger partial charge in [0.1, 0.15) is 32.5 Å². The van der Waals surface area contributed by atoms with Gasteiger partial charge in [0.25, 0.3) is 0 Å². The molecule has 8 nitrogen and oxygen atoms in total. The fraction of sp³-hybridized carbons (Fsp3) is 0.333. The van der Waals surface area contributed by atoms with Crippen LogP contribution in [0, 0.1) is 0 Å². The number of rotatable bonds is 5. The molecule has 0 spiro atoms. The van der Waals surface area contributed by atoms with E-state index in [1.54, 1.807) is 18.6 Å². The van der Waals surface area contributed by atoms with Gasteiger partial charge < -0.3 is 4.84 Å². The molecule has 29 heavy (non-hydrogen) atoms. The van der Waals surface area contributed by atoms with E-state index in [2.05, 4.69) is 15.1 Å². The van der Waals surface area contributed by atoms with Gasteiger partial charge in [-0.25, -0.2) is 18.4 Å². The van der Waals surface area contributed by atoms with Gasteiger partial charge in [0.05, 0.1) is 11.1 Å². The number of thiazole rings is 2. The Morgan fingerprint density at radius 3 is 2.76 bits per heavy atom. The second kappa shape index (κ2) is 7.81. The normalized spacial score (nSPS) is 15.7. The molecule has 0 atom stereocenters. The van der Waals surface area contributed by atoms with Crippen molar-refractivity contribution in [1.82, 2.24) is 15.0 Å². The zero-order chi connectivity index (χ0) is 20.6. The molecule has 0 aliphatic carbocycles. The lowest BCUT2D eigenvalue weighted by Gasteiger charge is -2.25. The molecule has 11 heteroatoms. The number of hydrogen-bond donors (Lipinski definition) is 0. The van der Waals surface area contributed by atoms with E-state index >= 15 is 0 Å². The molecule has 1 aliphatic heterocycles. The van der Waals surface area contributed by atoms with Crippen LogP contribution >= 0.6 is 22.7 Å². The first-order chi connectivity index (χ1) is 13.8. The van der Waals surface area contributed by atoms with Crippen molar-refractivity contribution in [2.75, 3.05) is 17.1 Å². The van der Waals surface area contributed by atoms with Crippen LogP contribution in [0.4, 0.5) is 5.00 Å². The Morgan fingerprint density at radius 1 is 1.24 bits per heavy atom. The Bertz CT molecular complexity index is 1150. The van der Waals surface area contributed by atoms with Gasteiger partial charge in [0.2, 0.25) is 10.0 Å². The molecular weight excluding hydrogens is 430 g/mol. The van der Waals surface area contributed by atoms with Crippen LogP contribution in [0.2, 0.25) is 0 Å². The molecule has 3 aromatic heterocycles. The van der Waals surface area contributed by atoms with E-state index in [4.69, 9.17) is 9.82 Å². The van der Waals surface area contributed by atoms with Crippen molar-refractivity contribution in [3.63, 3.8) is 0 Å². The molecule has 3 aromatic rings. The summed E-state index contributed by atoms with van der Waals surface area (Å²) in [5.41, 5.74) is 2.14. The molecule has 0 fully saturated rings. The minimum Gasteiger partial charge on any atom is -0.393 e. The molecule has 0 bridgehead atoms. The molecule has 0 amide bonds. The predicted octanol–water partition coefficient (Wildman–Crippen LogP) is 3.63. The topological polar surface area (TPSA) is 97.6 Å². The Labute approximate surface area is 177 Å². The van der Waals surface area contributed by atoms with Gasteiger partial charge in [-0.3, -0.25) is 9.29 Å². The van der Waals surface area contributed by atoms with Crippen molar-refractivity contribution in [3.8, 4) is 20.5 Å². The summed E-state index contributed by atoms with van der Waals surface area (Å²) in [6.07, 6.45) is 6.81. The first kappa shape index (κ1) is 19.9. The van der Waals surface area contributed by atoms with Crippen molar-refractivity contribution < 1.29 is 13.3 Å². The zero-order valence-electron chi connectivity index (χ0n) is 16.1. The van der Waals surface area contributed by atoms with Gasteiger partial charge in [-0.15, -0.1) is 11.3 Å². The molecule has 4 heterocycles. The van der Waals surface area contributed by atoms with Crippen molar-refractivity contribution in [2.24, 2.45) is 5.16 Å². The van der Waals surface area contributed by atoms with E-state index < -0.39 is 10.0 Å². The van der Waals surface area contributed by atoms with Gasteiger partial charge in [0.15, 0.2) is 0 Å². The van der Waals surface area contributed by atoms with Crippen LogP contribution in [0.3, 0.4) is 0 Å². The van der Waals surface area contributed by atoms with E-state index in [0.717, 1.165) is 15.4 Å². The summed E-state index contributed by atoms with van der Waals surface area (Å²) in [4.78, 5) is 19.6. The summed E-state index contributed by atoms with van der Waals surface area (Å²) in [5, 5.41) is 6.32. The summed E-state index contributed by atoms with van der Waals surface area (Å²) in [7, 11) is -3.41. The van der Waals surface area contributed by atoms with Crippen LogP contribution in [0.1, 0.15) is 26.0 Å². The van der Waals surface area contributed by atoms with Crippen molar-refractivity contribution >= 4 is 43.4 Å². The van der Waals surface area contributed by atoms with Crippen LogP contribution in [0.15, 0.2) is 35.9 Å². The van der Waals surface area contributed by atoms with Crippen molar-refractivity contribution in [2.45, 2.75) is 26.4 Å². The van der Waals surface area contributed by atoms with Gasteiger partial charge in [-0.1, -0.05) is 16.5 Å². The molecule has 0 radical (unpaired) electrons. The number of hydrogen-bond acceptors (Lipinski definition) is 9. The Morgan fingerprint density at radius 2 is 2.07 bits per heavy atom. The Hall–Kier alpha value is -2.37.